The second-order valence-electron chi connectivity index (χ2n) is 4.72. The van der Waals surface area contributed by atoms with E-state index in [-0.39, 0.29) is 11.6 Å². The van der Waals surface area contributed by atoms with Crippen LogP contribution in [0.15, 0.2) is 24.3 Å². The minimum absolute atomic E-state index is 0.0259. The minimum atomic E-state index is -0.706. The molecule has 0 atom stereocenters. The third kappa shape index (κ3) is 2.57. The molecule has 0 amide bonds. The molecule has 1 aromatic heterocycles. The second kappa shape index (κ2) is 5.45. The van der Waals surface area contributed by atoms with Gasteiger partial charge < -0.3 is 10.2 Å². The van der Waals surface area contributed by atoms with Crippen LogP contribution in [0.1, 0.15) is 11.1 Å². The van der Waals surface area contributed by atoms with E-state index in [1.165, 1.54) is 0 Å². The van der Waals surface area contributed by atoms with Gasteiger partial charge in [0.2, 0.25) is 0 Å². The minimum Gasteiger partial charge on any atom is -0.371 e. The summed E-state index contributed by atoms with van der Waals surface area (Å²) < 4.78 is 27.4. The van der Waals surface area contributed by atoms with Crippen molar-refractivity contribution in [1.29, 1.82) is 0 Å². The lowest BCUT2D eigenvalue weighted by Gasteiger charge is -2.22. The standard InChI is InChI=1S/C15H17F2N3/c1-9-5-6-13(10(2)7-9)20(4)15-12(17)8-11(16)14(18-3)19-15/h5-8H,1-4H3,(H,18,19). The maximum absolute atomic E-state index is 13.9. The van der Waals surface area contributed by atoms with E-state index in [1.807, 2.05) is 32.0 Å². The summed E-state index contributed by atoms with van der Waals surface area (Å²) in [7, 11) is 3.25. The summed E-state index contributed by atoms with van der Waals surface area (Å²) in [6, 6.07) is 6.69. The molecule has 0 bridgehead atoms. The predicted molar refractivity (Wildman–Crippen MR) is 77.7 cm³/mol. The first-order chi connectivity index (χ1) is 9.43. The molecule has 1 N–H and O–H groups in total. The fraction of sp³-hybridized carbons (Fsp3) is 0.267. The summed E-state index contributed by atoms with van der Waals surface area (Å²) in [5.74, 6) is -1.28. The predicted octanol–water partition coefficient (Wildman–Crippen LogP) is 3.79. The monoisotopic (exact) mass is 277 g/mol. The summed E-state index contributed by atoms with van der Waals surface area (Å²) >= 11 is 0. The fourth-order valence-corrected chi connectivity index (χ4v) is 2.16. The maximum Gasteiger partial charge on any atom is 0.171 e. The van der Waals surface area contributed by atoms with Gasteiger partial charge in [0.05, 0.1) is 0 Å². The number of halogens is 2. The van der Waals surface area contributed by atoms with Crippen molar-refractivity contribution in [3.63, 3.8) is 0 Å². The van der Waals surface area contributed by atoms with Crippen LogP contribution in [0.4, 0.5) is 26.1 Å². The number of anilines is 3. The topological polar surface area (TPSA) is 28.2 Å². The zero-order chi connectivity index (χ0) is 14.9. The van der Waals surface area contributed by atoms with Crippen molar-refractivity contribution in [2.24, 2.45) is 0 Å². The lowest BCUT2D eigenvalue weighted by atomic mass is 10.1. The van der Waals surface area contributed by atoms with Gasteiger partial charge in [-0.15, -0.1) is 0 Å². The van der Waals surface area contributed by atoms with E-state index >= 15 is 0 Å². The molecule has 0 aliphatic heterocycles. The van der Waals surface area contributed by atoms with Crippen molar-refractivity contribution in [2.45, 2.75) is 13.8 Å². The summed E-state index contributed by atoms with van der Waals surface area (Å²) in [4.78, 5) is 5.61. The van der Waals surface area contributed by atoms with Crippen LogP contribution in [0.2, 0.25) is 0 Å². The van der Waals surface area contributed by atoms with Crippen LogP contribution in [-0.4, -0.2) is 19.1 Å². The van der Waals surface area contributed by atoms with Gasteiger partial charge >= 0.3 is 0 Å². The number of nitrogens with one attached hydrogen (secondary N) is 1. The summed E-state index contributed by atoms with van der Waals surface area (Å²) in [5.41, 5.74) is 2.96. The molecule has 1 heterocycles. The number of rotatable bonds is 3. The lowest BCUT2D eigenvalue weighted by molar-refractivity contribution is 0.576. The molecule has 3 nitrogen and oxygen atoms in total. The smallest absolute Gasteiger partial charge is 0.171 e. The molecule has 2 aromatic rings. The van der Waals surface area contributed by atoms with Crippen molar-refractivity contribution >= 4 is 17.3 Å². The van der Waals surface area contributed by atoms with E-state index in [9.17, 15) is 8.78 Å². The van der Waals surface area contributed by atoms with Gasteiger partial charge in [-0.25, -0.2) is 13.8 Å². The van der Waals surface area contributed by atoms with Gasteiger partial charge in [-0.2, -0.15) is 0 Å². The number of benzene rings is 1. The Balaban J connectivity index is 2.50. The van der Waals surface area contributed by atoms with Crippen molar-refractivity contribution in [3.8, 4) is 0 Å². The van der Waals surface area contributed by atoms with Crippen LogP contribution < -0.4 is 10.2 Å². The Labute approximate surface area is 117 Å². The number of aryl methyl sites for hydroxylation is 2. The Hall–Kier alpha value is -2.17. The van der Waals surface area contributed by atoms with Crippen LogP contribution in [0, 0.1) is 25.5 Å². The van der Waals surface area contributed by atoms with E-state index in [2.05, 4.69) is 10.3 Å². The van der Waals surface area contributed by atoms with Crippen LogP contribution >= 0.6 is 0 Å². The third-order valence-electron chi connectivity index (χ3n) is 3.18. The molecule has 0 spiro atoms. The highest BCUT2D eigenvalue weighted by Gasteiger charge is 2.16. The number of hydrogen-bond donors (Lipinski definition) is 1. The Morgan fingerprint density at radius 1 is 1.10 bits per heavy atom. The highest BCUT2D eigenvalue weighted by molar-refractivity contribution is 5.65. The molecule has 106 valence electrons. The van der Waals surface area contributed by atoms with Gasteiger partial charge in [0, 0.05) is 25.8 Å². The molecule has 0 aliphatic rings. The van der Waals surface area contributed by atoms with Crippen molar-refractivity contribution in [1.82, 2.24) is 4.98 Å². The van der Waals surface area contributed by atoms with E-state index in [0.29, 0.717) is 0 Å². The molecule has 0 aliphatic carbocycles. The molecule has 1 aromatic carbocycles. The van der Waals surface area contributed by atoms with E-state index in [0.717, 1.165) is 22.9 Å². The number of hydrogen-bond acceptors (Lipinski definition) is 3. The summed E-state index contributed by atoms with van der Waals surface area (Å²) in [5, 5.41) is 2.61. The van der Waals surface area contributed by atoms with E-state index in [4.69, 9.17) is 0 Å². The van der Waals surface area contributed by atoms with Crippen molar-refractivity contribution in [2.75, 3.05) is 24.3 Å². The first-order valence-electron chi connectivity index (χ1n) is 6.28. The summed E-state index contributed by atoms with van der Waals surface area (Å²) in [6.45, 7) is 3.94. The lowest BCUT2D eigenvalue weighted by Crippen LogP contribution is -2.15. The quantitative estimate of drug-likeness (QED) is 0.925. The molecule has 5 heteroatoms. The van der Waals surface area contributed by atoms with Crippen LogP contribution in [0.5, 0.6) is 0 Å². The van der Waals surface area contributed by atoms with Crippen LogP contribution in [0.3, 0.4) is 0 Å². The highest BCUT2D eigenvalue weighted by atomic mass is 19.1. The molecule has 20 heavy (non-hydrogen) atoms. The second-order valence-corrected chi connectivity index (χ2v) is 4.72. The average molecular weight is 277 g/mol. The fourth-order valence-electron chi connectivity index (χ4n) is 2.16. The first kappa shape index (κ1) is 14.2. The van der Waals surface area contributed by atoms with E-state index in [1.54, 1.807) is 19.0 Å². The number of nitrogens with zero attached hydrogens (tertiary/aromatic N) is 2. The molecule has 0 saturated carbocycles. The largest absolute Gasteiger partial charge is 0.371 e. The van der Waals surface area contributed by atoms with Crippen LogP contribution in [-0.2, 0) is 0 Å². The number of pyridine rings is 1. The highest BCUT2D eigenvalue weighted by Crippen LogP contribution is 2.29. The Bertz CT molecular complexity index is 641. The molecular weight excluding hydrogens is 260 g/mol. The Kier molecular flexibility index (Phi) is 3.88. The van der Waals surface area contributed by atoms with Gasteiger partial charge in [-0.1, -0.05) is 17.7 Å². The van der Waals surface area contributed by atoms with Gasteiger partial charge in [-0.05, 0) is 25.5 Å². The maximum atomic E-state index is 13.9. The van der Waals surface area contributed by atoms with Gasteiger partial charge in [0.15, 0.2) is 23.3 Å². The first-order valence-corrected chi connectivity index (χ1v) is 6.28. The average Bonchev–Trinajstić information content (AvgIpc) is 2.38. The van der Waals surface area contributed by atoms with Crippen molar-refractivity contribution in [3.05, 3.63) is 47.0 Å². The Morgan fingerprint density at radius 2 is 1.80 bits per heavy atom. The van der Waals surface area contributed by atoms with Crippen LogP contribution in [0.25, 0.3) is 0 Å². The molecule has 0 radical (unpaired) electrons. The van der Waals surface area contributed by atoms with Gasteiger partial charge in [0.1, 0.15) is 0 Å². The molecule has 0 fully saturated rings. The van der Waals surface area contributed by atoms with Gasteiger partial charge in [-0.3, -0.25) is 0 Å². The van der Waals surface area contributed by atoms with Gasteiger partial charge in [0.25, 0.3) is 0 Å². The Morgan fingerprint density at radius 3 is 2.40 bits per heavy atom. The summed E-state index contributed by atoms with van der Waals surface area (Å²) in [6.07, 6.45) is 0. The third-order valence-corrected chi connectivity index (χ3v) is 3.18. The van der Waals surface area contributed by atoms with Crippen molar-refractivity contribution < 1.29 is 8.78 Å². The molecule has 0 unspecified atom stereocenters. The zero-order valence-electron chi connectivity index (χ0n) is 12.0. The van der Waals surface area contributed by atoms with E-state index < -0.39 is 11.6 Å². The normalized spacial score (nSPS) is 10.5. The molecule has 0 saturated heterocycles. The SMILES string of the molecule is CNc1nc(N(C)c2ccc(C)cc2C)c(F)cc1F. The molecule has 2 rings (SSSR count). The zero-order valence-corrected chi connectivity index (χ0v) is 12.0. The number of aromatic nitrogens is 1. The molecular formula is C15H17F2N3.